The summed E-state index contributed by atoms with van der Waals surface area (Å²) in [4.78, 5) is 4.54. The molecule has 0 amide bonds. The summed E-state index contributed by atoms with van der Waals surface area (Å²) < 4.78 is 24.2. The van der Waals surface area contributed by atoms with E-state index in [1.165, 1.54) is 12.1 Å². The lowest BCUT2D eigenvalue weighted by Crippen LogP contribution is -2.20. The van der Waals surface area contributed by atoms with Crippen LogP contribution in [0.5, 0.6) is 5.75 Å². The van der Waals surface area contributed by atoms with Crippen LogP contribution in [0.15, 0.2) is 59.6 Å². The number of nitrogens with one attached hydrogen (secondary N) is 1. The Morgan fingerprint density at radius 1 is 0.963 bits per heavy atom. The summed E-state index contributed by atoms with van der Waals surface area (Å²) in [6.45, 7) is 2.61. The highest BCUT2D eigenvalue weighted by Crippen LogP contribution is 2.30. The maximum Gasteiger partial charge on any atom is 0.132 e. The van der Waals surface area contributed by atoms with Gasteiger partial charge in [-0.15, -0.1) is 0 Å². The molecule has 3 aromatic carbocycles. The average molecular weight is 364 g/mol. The van der Waals surface area contributed by atoms with Crippen LogP contribution in [0.4, 0.5) is 4.39 Å². The van der Waals surface area contributed by atoms with Gasteiger partial charge in [-0.1, -0.05) is 24.3 Å². The number of methoxy groups -OCH3 is 1. The number of halogens is 1. The molecule has 0 radical (unpaired) electrons. The summed E-state index contributed by atoms with van der Waals surface area (Å²) in [6.07, 6.45) is 0. The van der Waals surface area contributed by atoms with Crippen molar-refractivity contribution < 1.29 is 13.9 Å². The molecule has 4 rings (SSSR count). The van der Waals surface area contributed by atoms with E-state index in [0.717, 1.165) is 52.1 Å². The monoisotopic (exact) mass is 364 g/mol. The Bertz CT molecular complexity index is 984. The molecule has 3 aromatic rings. The zero-order chi connectivity index (χ0) is 18.6. The fourth-order valence-electron chi connectivity index (χ4n) is 3.22. The smallest absolute Gasteiger partial charge is 0.132 e. The highest BCUT2D eigenvalue weighted by atomic mass is 19.1. The van der Waals surface area contributed by atoms with Gasteiger partial charge in [-0.2, -0.15) is 0 Å². The largest absolute Gasteiger partial charge is 0.490 e. The van der Waals surface area contributed by atoms with Crippen molar-refractivity contribution in [3.05, 3.63) is 66.0 Å². The number of rotatable bonds is 6. The van der Waals surface area contributed by atoms with Gasteiger partial charge >= 0.3 is 0 Å². The molecule has 5 heteroatoms. The molecule has 0 aliphatic carbocycles. The van der Waals surface area contributed by atoms with Crippen LogP contribution in [0, 0.1) is 5.82 Å². The summed E-state index contributed by atoms with van der Waals surface area (Å²) in [5, 5.41) is 5.48. The summed E-state index contributed by atoms with van der Waals surface area (Å²) in [5.41, 5.74) is 2.98. The maximum absolute atomic E-state index is 13.2. The van der Waals surface area contributed by atoms with Crippen LogP contribution < -0.4 is 10.1 Å². The van der Waals surface area contributed by atoms with Crippen molar-refractivity contribution >= 4 is 16.6 Å². The van der Waals surface area contributed by atoms with Crippen LogP contribution in [0.3, 0.4) is 0 Å². The molecule has 1 aliphatic heterocycles. The normalized spacial score (nSPS) is 13.5. The summed E-state index contributed by atoms with van der Waals surface area (Å²) in [7, 11) is 1.66. The Balaban J connectivity index is 1.76. The van der Waals surface area contributed by atoms with E-state index in [1.807, 2.05) is 12.1 Å². The first-order valence-electron chi connectivity index (χ1n) is 8.99. The molecule has 1 heterocycles. The van der Waals surface area contributed by atoms with Crippen molar-refractivity contribution in [3.63, 3.8) is 0 Å². The van der Waals surface area contributed by atoms with Gasteiger partial charge in [0.15, 0.2) is 0 Å². The van der Waals surface area contributed by atoms with Crippen LogP contribution in [-0.4, -0.2) is 39.2 Å². The lowest BCUT2D eigenvalue weighted by molar-refractivity contribution is 0.146. The SMILES string of the molecule is COCCOc1cc2ccc(-c3ccc(F)cc3)cc2cc1C1=NCCN1. The Kier molecular flexibility index (Phi) is 5.03. The molecule has 27 heavy (non-hydrogen) atoms. The van der Waals surface area contributed by atoms with Crippen molar-refractivity contribution in [1.82, 2.24) is 5.32 Å². The van der Waals surface area contributed by atoms with E-state index in [2.05, 4.69) is 28.5 Å². The van der Waals surface area contributed by atoms with Crippen LogP contribution in [0.25, 0.3) is 21.9 Å². The fraction of sp³-hybridized carbons (Fsp3) is 0.227. The Morgan fingerprint density at radius 3 is 2.52 bits per heavy atom. The standard InChI is InChI=1S/C22H21FN2O2/c1-26-10-11-27-21-14-17-3-2-16(15-4-6-19(23)7-5-15)12-18(17)13-20(21)22-24-8-9-25-22/h2-7,12-14H,8-11H2,1H3,(H,24,25). The zero-order valence-corrected chi connectivity index (χ0v) is 15.2. The van der Waals surface area contributed by atoms with Crippen molar-refractivity contribution in [2.45, 2.75) is 0 Å². The van der Waals surface area contributed by atoms with Crippen molar-refractivity contribution in [3.8, 4) is 16.9 Å². The second-order valence-corrected chi connectivity index (χ2v) is 6.42. The topological polar surface area (TPSA) is 42.9 Å². The third-order valence-electron chi connectivity index (χ3n) is 4.59. The van der Waals surface area contributed by atoms with Gasteiger partial charge in [0.2, 0.25) is 0 Å². The molecular formula is C22H21FN2O2. The van der Waals surface area contributed by atoms with E-state index in [-0.39, 0.29) is 5.82 Å². The molecule has 0 unspecified atom stereocenters. The molecule has 0 aromatic heterocycles. The maximum atomic E-state index is 13.2. The first-order chi connectivity index (χ1) is 13.2. The van der Waals surface area contributed by atoms with E-state index < -0.39 is 0 Å². The van der Waals surface area contributed by atoms with Gasteiger partial charge in [-0.3, -0.25) is 4.99 Å². The molecule has 138 valence electrons. The van der Waals surface area contributed by atoms with Crippen molar-refractivity contribution in [2.24, 2.45) is 4.99 Å². The molecule has 0 fully saturated rings. The Labute approximate surface area is 157 Å². The van der Waals surface area contributed by atoms with Crippen LogP contribution in [0.2, 0.25) is 0 Å². The predicted octanol–water partition coefficient (Wildman–Crippen LogP) is 4.02. The van der Waals surface area contributed by atoms with Gasteiger partial charge in [-0.05, 0) is 52.2 Å². The van der Waals surface area contributed by atoms with E-state index in [9.17, 15) is 4.39 Å². The van der Waals surface area contributed by atoms with Gasteiger partial charge in [0.05, 0.1) is 18.7 Å². The lowest BCUT2D eigenvalue weighted by atomic mass is 9.99. The lowest BCUT2D eigenvalue weighted by Gasteiger charge is -2.14. The number of benzene rings is 3. The minimum Gasteiger partial charge on any atom is -0.490 e. The van der Waals surface area contributed by atoms with E-state index >= 15 is 0 Å². The van der Waals surface area contributed by atoms with Crippen molar-refractivity contribution in [2.75, 3.05) is 33.4 Å². The third kappa shape index (κ3) is 3.78. The fourth-order valence-corrected chi connectivity index (χ4v) is 3.22. The highest BCUT2D eigenvalue weighted by Gasteiger charge is 2.15. The molecule has 0 atom stereocenters. The molecule has 1 aliphatic rings. The minimum atomic E-state index is -0.231. The first-order valence-corrected chi connectivity index (χ1v) is 8.99. The molecule has 0 saturated carbocycles. The molecule has 0 saturated heterocycles. The minimum absolute atomic E-state index is 0.231. The van der Waals surface area contributed by atoms with E-state index in [4.69, 9.17) is 9.47 Å². The highest BCUT2D eigenvalue weighted by molar-refractivity contribution is 6.06. The van der Waals surface area contributed by atoms with Crippen molar-refractivity contribution in [1.29, 1.82) is 0 Å². The number of hydrogen-bond donors (Lipinski definition) is 1. The Morgan fingerprint density at radius 2 is 1.78 bits per heavy atom. The molecule has 0 spiro atoms. The summed E-state index contributed by atoms with van der Waals surface area (Å²) in [5.74, 6) is 1.42. The molecular weight excluding hydrogens is 343 g/mol. The molecule has 0 bridgehead atoms. The second kappa shape index (κ2) is 7.76. The number of aliphatic imine (C=N–C) groups is 1. The van der Waals surface area contributed by atoms with E-state index in [1.54, 1.807) is 19.2 Å². The quantitative estimate of drug-likeness (QED) is 0.672. The van der Waals surface area contributed by atoms with Gasteiger partial charge in [0.25, 0.3) is 0 Å². The van der Waals surface area contributed by atoms with Gasteiger partial charge in [0, 0.05) is 13.7 Å². The summed E-state index contributed by atoms with van der Waals surface area (Å²) >= 11 is 0. The molecule has 4 nitrogen and oxygen atoms in total. The number of nitrogens with zero attached hydrogens (tertiary/aromatic N) is 1. The average Bonchev–Trinajstić information content (AvgIpc) is 3.22. The number of fused-ring (bicyclic) bond motifs is 1. The number of hydrogen-bond acceptors (Lipinski definition) is 4. The van der Waals surface area contributed by atoms with Crippen LogP contribution >= 0.6 is 0 Å². The predicted molar refractivity (Wildman–Crippen MR) is 106 cm³/mol. The number of amidine groups is 1. The summed E-state index contributed by atoms with van der Waals surface area (Å²) in [6, 6.07) is 16.9. The molecule has 1 N–H and O–H groups in total. The number of ether oxygens (including phenoxy) is 2. The van der Waals surface area contributed by atoms with E-state index in [0.29, 0.717) is 13.2 Å². The van der Waals surface area contributed by atoms with Gasteiger partial charge in [-0.25, -0.2) is 4.39 Å². The van der Waals surface area contributed by atoms with Crippen LogP contribution in [0.1, 0.15) is 5.56 Å². The van der Waals surface area contributed by atoms with Gasteiger partial charge < -0.3 is 14.8 Å². The first kappa shape index (κ1) is 17.5. The Hall–Kier alpha value is -2.92. The third-order valence-corrected chi connectivity index (χ3v) is 4.59. The van der Waals surface area contributed by atoms with Gasteiger partial charge in [0.1, 0.15) is 24.0 Å². The zero-order valence-electron chi connectivity index (χ0n) is 15.2. The van der Waals surface area contributed by atoms with Crippen LogP contribution in [-0.2, 0) is 4.74 Å². The second-order valence-electron chi connectivity index (χ2n) is 6.42.